The van der Waals surface area contributed by atoms with E-state index in [4.69, 9.17) is 9.66 Å². The first-order valence-corrected chi connectivity index (χ1v) is 5.97. The molecule has 5 nitrogen and oxygen atoms in total. The van der Waals surface area contributed by atoms with Crippen molar-refractivity contribution >= 4 is 22.7 Å². The molecule has 6 heteroatoms. The van der Waals surface area contributed by atoms with Gasteiger partial charge >= 0.3 is 5.97 Å². The summed E-state index contributed by atoms with van der Waals surface area (Å²) in [6.07, 6.45) is 0.530. The molecule has 0 bridgehead atoms. The Morgan fingerprint density at radius 1 is 1.44 bits per heavy atom. The summed E-state index contributed by atoms with van der Waals surface area (Å²) < 4.78 is 19.0. The highest BCUT2D eigenvalue weighted by Crippen LogP contribution is 2.12. The van der Waals surface area contributed by atoms with Crippen molar-refractivity contribution in [2.45, 2.75) is 12.8 Å². The monoisotopic (exact) mass is 243 g/mol. The number of carboxylic acids is 1. The van der Waals surface area contributed by atoms with Gasteiger partial charge in [-0.25, -0.2) is 4.21 Å². The number of carboxylic acid groups (broad SMARTS) is 1. The Morgan fingerprint density at radius 2 is 2.19 bits per heavy atom. The summed E-state index contributed by atoms with van der Waals surface area (Å²) in [7, 11) is 0. The number of aliphatic carboxylic acids is 1. The summed E-state index contributed by atoms with van der Waals surface area (Å²) in [5, 5.41) is 11.3. The Hall–Kier alpha value is -1.40. The minimum absolute atomic E-state index is 0.0393. The minimum Gasteiger partial charge on any atom is -0.481 e. The third kappa shape index (κ3) is 4.90. The van der Waals surface area contributed by atoms with Crippen LogP contribution in [0.25, 0.3) is 0 Å². The molecule has 1 aromatic rings. The summed E-state index contributed by atoms with van der Waals surface area (Å²) in [6, 6.07) is 7.14. The first-order chi connectivity index (χ1) is 7.58. The van der Waals surface area contributed by atoms with Crippen LogP contribution in [0.2, 0.25) is 0 Å². The van der Waals surface area contributed by atoms with E-state index in [1.54, 1.807) is 18.2 Å². The van der Waals surface area contributed by atoms with Crippen molar-refractivity contribution in [3.8, 4) is 0 Å². The van der Waals surface area contributed by atoms with E-state index >= 15 is 0 Å². The molecule has 0 fully saturated rings. The molecule has 1 unspecified atom stereocenters. The van der Waals surface area contributed by atoms with Gasteiger partial charge in [-0.1, -0.05) is 12.1 Å². The standard InChI is InChI=1S/C10H13NO4S/c12-10(13)5-4-8-2-1-3-9(6-8)11-7-16(14)15/h1-3,6,11H,4-5,7H2,(H,12,13)(H,14,15). The molecule has 0 spiro atoms. The zero-order chi connectivity index (χ0) is 12.0. The van der Waals surface area contributed by atoms with Gasteiger partial charge in [0.15, 0.2) is 11.1 Å². The Kier molecular flexibility index (Phi) is 4.94. The predicted molar refractivity (Wildman–Crippen MR) is 61.7 cm³/mol. The lowest BCUT2D eigenvalue weighted by Crippen LogP contribution is -2.07. The van der Waals surface area contributed by atoms with Gasteiger partial charge in [0.05, 0.1) is 0 Å². The van der Waals surface area contributed by atoms with Crippen LogP contribution in [0.15, 0.2) is 24.3 Å². The number of hydrogen-bond donors (Lipinski definition) is 3. The highest BCUT2D eigenvalue weighted by Gasteiger charge is 2.00. The van der Waals surface area contributed by atoms with Crippen molar-refractivity contribution in [2.24, 2.45) is 0 Å². The van der Waals surface area contributed by atoms with Crippen molar-refractivity contribution < 1.29 is 18.7 Å². The fraction of sp³-hybridized carbons (Fsp3) is 0.300. The van der Waals surface area contributed by atoms with Gasteiger partial charge in [-0.05, 0) is 24.1 Å². The summed E-state index contributed by atoms with van der Waals surface area (Å²) in [5.74, 6) is -0.877. The Bertz CT molecular complexity index is 361. The second kappa shape index (κ2) is 6.24. The zero-order valence-electron chi connectivity index (χ0n) is 8.55. The van der Waals surface area contributed by atoms with Crippen LogP contribution in [0, 0.1) is 0 Å². The van der Waals surface area contributed by atoms with Crippen LogP contribution in [-0.2, 0) is 22.3 Å². The van der Waals surface area contributed by atoms with Crippen molar-refractivity contribution in [3.63, 3.8) is 0 Å². The van der Waals surface area contributed by atoms with E-state index in [-0.39, 0.29) is 12.3 Å². The Morgan fingerprint density at radius 3 is 2.81 bits per heavy atom. The highest BCUT2D eigenvalue weighted by molar-refractivity contribution is 7.79. The molecule has 0 radical (unpaired) electrons. The fourth-order valence-corrected chi connectivity index (χ4v) is 1.52. The first kappa shape index (κ1) is 12.7. The van der Waals surface area contributed by atoms with Crippen molar-refractivity contribution in [2.75, 3.05) is 11.2 Å². The molecule has 88 valence electrons. The van der Waals surface area contributed by atoms with Crippen molar-refractivity contribution in [3.05, 3.63) is 29.8 Å². The van der Waals surface area contributed by atoms with E-state index in [0.717, 1.165) is 5.56 Å². The van der Waals surface area contributed by atoms with Gasteiger partial charge in [0.1, 0.15) is 5.88 Å². The molecule has 0 heterocycles. The molecule has 3 N–H and O–H groups in total. The quantitative estimate of drug-likeness (QED) is 0.655. The van der Waals surface area contributed by atoms with Crippen LogP contribution in [-0.4, -0.2) is 25.7 Å². The number of carbonyl (C=O) groups is 1. The Labute approximate surface area is 95.8 Å². The average molecular weight is 243 g/mol. The molecule has 0 saturated heterocycles. The molecular weight excluding hydrogens is 230 g/mol. The fourth-order valence-electron chi connectivity index (χ4n) is 1.23. The molecule has 1 atom stereocenters. The van der Waals surface area contributed by atoms with Gasteiger partial charge in [-0.15, -0.1) is 0 Å². The SMILES string of the molecule is O=C(O)CCc1cccc(NCS(=O)O)c1. The molecule has 1 aromatic carbocycles. The molecule has 0 saturated carbocycles. The molecule has 0 aliphatic rings. The third-order valence-corrected chi connectivity index (χ3v) is 2.35. The van der Waals surface area contributed by atoms with Crippen molar-refractivity contribution in [1.82, 2.24) is 0 Å². The van der Waals surface area contributed by atoms with Gasteiger partial charge < -0.3 is 15.0 Å². The van der Waals surface area contributed by atoms with Gasteiger partial charge in [-0.2, -0.15) is 0 Å². The lowest BCUT2D eigenvalue weighted by molar-refractivity contribution is -0.136. The van der Waals surface area contributed by atoms with Crippen LogP contribution in [0.1, 0.15) is 12.0 Å². The molecule has 0 aromatic heterocycles. The first-order valence-electron chi connectivity index (χ1n) is 4.70. The van der Waals surface area contributed by atoms with E-state index in [1.165, 1.54) is 0 Å². The summed E-state index contributed by atoms with van der Waals surface area (Å²) in [5.41, 5.74) is 1.60. The second-order valence-corrected chi connectivity index (χ2v) is 4.17. The van der Waals surface area contributed by atoms with Crippen LogP contribution in [0.3, 0.4) is 0 Å². The number of aryl methyl sites for hydroxylation is 1. The maximum Gasteiger partial charge on any atom is 0.303 e. The van der Waals surface area contributed by atoms with Gasteiger partial charge in [0, 0.05) is 12.1 Å². The topological polar surface area (TPSA) is 86.6 Å². The second-order valence-electron chi connectivity index (χ2n) is 3.24. The smallest absolute Gasteiger partial charge is 0.303 e. The largest absolute Gasteiger partial charge is 0.481 e. The number of benzene rings is 1. The van der Waals surface area contributed by atoms with Gasteiger partial charge in [0.25, 0.3) is 0 Å². The number of hydrogen-bond acceptors (Lipinski definition) is 3. The predicted octanol–water partition coefficient (Wildman–Crippen LogP) is 1.29. The van der Waals surface area contributed by atoms with Crippen LogP contribution >= 0.6 is 0 Å². The van der Waals surface area contributed by atoms with E-state index < -0.39 is 17.0 Å². The van der Waals surface area contributed by atoms with Crippen LogP contribution in [0.4, 0.5) is 5.69 Å². The summed E-state index contributed by atoms with van der Waals surface area (Å²) in [4.78, 5) is 10.4. The lowest BCUT2D eigenvalue weighted by Gasteiger charge is -2.05. The van der Waals surface area contributed by atoms with Gasteiger partial charge in [-0.3, -0.25) is 4.79 Å². The minimum atomic E-state index is -1.89. The van der Waals surface area contributed by atoms with Crippen molar-refractivity contribution in [1.29, 1.82) is 0 Å². The van der Waals surface area contributed by atoms with E-state index in [9.17, 15) is 9.00 Å². The van der Waals surface area contributed by atoms with Crippen LogP contribution < -0.4 is 5.32 Å². The van der Waals surface area contributed by atoms with Crippen LogP contribution in [0.5, 0.6) is 0 Å². The molecule has 0 amide bonds. The molecule has 0 aliphatic carbocycles. The number of rotatable bonds is 6. The Balaban J connectivity index is 2.56. The number of nitrogens with one attached hydrogen (secondary N) is 1. The zero-order valence-corrected chi connectivity index (χ0v) is 9.37. The average Bonchev–Trinajstić information content (AvgIpc) is 2.24. The normalized spacial score (nSPS) is 12.1. The highest BCUT2D eigenvalue weighted by atomic mass is 32.2. The van der Waals surface area contributed by atoms with E-state index in [2.05, 4.69) is 5.32 Å². The molecule has 1 rings (SSSR count). The number of anilines is 1. The molecular formula is C10H13NO4S. The maximum atomic E-state index is 10.4. The maximum absolute atomic E-state index is 10.4. The summed E-state index contributed by atoms with van der Waals surface area (Å²) >= 11 is -1.89. The van der Waals surface area contributed by atoms with E-state index in [0.29, 0.717) is 12.1 Å². The molecule has 16 heavy (non-hydrogen) atoms. The summed E-state index contributed by atoms with van der Waals surface area (Å²) in [6.45, 7) is 0. The van der Waals surface area contributed by atoms with Gasteiger partial charge in [0.2, 0.25) is 0 Å². The molecule has 0 aliphatic heterocycles. The lowest BCUT2D eigenvalue weighted by atomic mass is 10.1. The van der Waals surface area contributed by atoms with E-state index in [1.807, 2.05) is 6.07 Å². The third-order valence-electron chi connectivity index (χ3n) is 1.95.